The number of carbonyl (C=O) groups is 2. The Morgan fingerprint density at radius 1 is 1.19 bits per heavy atom. The first kappa shape index (κ1) is 19.4. The van der Waals surface area contributed by atoms with Gasteiger partial charge in [-0.1, -0.05) is 18.2 Å². The van der Waals surface area contributed by atoms with E-state index in [1.54, 1.807) is 11.9 Å². The maximum atomic E-state index is 13.2. The molecule has 146 valence electrons. The maximum absolute atomic E-state index is 13.2. The number of amides is 1. The SMILES string of the molecule is CCOC[C@H]1CCN(C(=O)[C@H]2CC(C(=O)OCC)=NN2c2ccccc2)C1. The van der Waals surface area contributed by atoms with Gasteiger partial charge in [-0.15, -0.1) is 0 Å². The molecule has 0 unspecified atom stereocenters. The Balaban J connectivity index is 1.74. The van der Waals surface area contributed by atoms with Crippen molar-refractivity contribution < 1.29 is 19.1 Å². The highest BCUT2D eigenvalue weighted by molar-refractivity contribution is 6.38. The maximum Gasteiger partial charge on any atom is 0.354 e. The van der Waals surface area contributed by atoms with Crippen molar-refractivity contribution in [3.8, 4) is 0 Å². The normalized spacial score (nSPS) is 22.1. The van der Waals surface area contributed by atoms with Crippen molar-refractivity contribution in [3.63, 3.8) is 0 Å². The molecule has 0 aliphatic carbocycles. The fourth-order valence-corrected chi connectivity index (χ4v) is 3.52. The van der Waals surface area contributed by atoms with Crippen molar-refractivity contribution in [1.82, 2.24) is 4.90 Å². The number of likely N-dealkylation sites (tertiary alicyclic amines) is 1. The van der Waals surface area contributed by atoms with E-state index in [9.17, 15) is 9.59 Å². The first-order chi connectivity index (χ1) is 13.1. The Bertz CT molecular complexity index is 692. The summed E-state index contributed by atoms with van der Waals surface area (Å²) in [5.41, 5.74) is 1.09. The molecule has 0 bridgehead atoms. The predicted molar refractivity (Wildman–Crippen MR) is 103 cm³/mol. The molecule has 2 aliphatic rings. The standard InChI is InChI=1S/C20H27N3O4/c1-3-26-14-15-10-11-22(13-15)19(24)18-12-17(20(25)27-4-2)21-23(18)16-8-6-5-7-9-16/h5-9,15,18H,3-4,10-14H2,1-2H3/t15-,18+/m0/s1. The van der Waals surface area contributed by atoms with Crippen LogP contribution < -0.4 is 5.01 Å². The molecule has 0 N–H and O–H groups in total. The van der Waals surface area contributed by atoms with E-state index in [0.717, 1.165) is 12.1 Å². The lowest BCUT2D eigenvalue weighted by Crippen LogP contribution is -2.44. The van der Waals surface area contributed by atoms with Crippen molar-refractivity contribution in [3.05, 3.63) is 30.3 Å². The van der Waals surface area contributed by atoms with Gasteiger partial charge in [-0.05, 0) is 32.4 Å². The summed E-state index contributed by atoms with van der Waals surface area (Å²) in [7, 11) is 0. The molecule has 0 spiro atoms. The van der Waals surface area contributed by atoms with Crippen LogP contribution in [0.5, 0.6) is 0 Å². The average Bonchev–Trinajstić information content (AvgIpc) is 3.34. The summed E-state index contributed by atoms with van der Waals surface area (Å²) >= 11 is 0. The third-order valence-electron chi connectivity index (χ3n) is 4.88. The van der Waals surface area contributed by atoms with Crippen molar-refractivity contribution in [1.29, 1.82) is 0 Å². The minimum absolute atomic E-state index is 0.000833. The average molecular weight is 373 g/mol. The van der Waals surface area contributed by atoms with Gasteiger partial charge in [0, 0.05) is 32.0 Å². The minimum atomic E-state index is -0.516. The second-order valence-electron chi connectivity index (χ2n) is 6.77. The number of para-hydroxylation sites is 1. The lowest BCUT2D eigenvalue weighted by Gasteiger charge is -2.27. The van der Waals surface area contributed by atoms with Crippen LogP contribution in [-0.2, 0) is 19.1 Å². The lowest BCUT2D eigenvalue weighted by atomic mass is 10.1. The molecule has 7 heteroatoms. The van der Waals surface area contributed by atoms with E-state index in [-0.39, 0.29) is 18.9 Å². The highest BCUT2D eigenvalue weighted by Gasteiger charge is 2.40. The number of rotatable bonds is 7. The number of hydrogen-bond donors (Lipinski definition) is 0. The number of esters is 1. The van der Waals surface area contributed by atoms with E-state index in [2.05, 4.69) is 5.10 Å². The van der Waals surface area contributed by atoms with Crippen molar-refractivity contribution in [2.75, 3.05) is 37.9 Å². The quantitative estimate of drug-likeness (QED) is 0.684. The highest BCUT2D eigenvalue weighted by Crippen LogP contribution is 2.28. The molecule has 1 aromatic carbocycles. The lowest BCUT2D eigenvalue weighted by molar-refractivity contribution is -0.135. The summed E-state index contributed by atoms with van der Waals surface area (Å²) in [6.07, 6.45) is 1.20. The zero-order chi connectivity index (χ0) is 19.2. The fourth-order valence-electron chi connectivity index (χ4n) is 3.52. The first-order valence-corrected chi connectivity index (χ1v) is 9.59. The van der Waals surface area contributed by atoms with Crippen LogP contribution in [0.1, 0.15) is 26.7 Å². The molecular formula is C20H27N3O4. The van der Waals surface area contributed by atoms with Crippen LogP contribution in [0.25, 0.3) is 0 Å². The third kappa shape index (κ3) is 4.47. The third-order valence-corrected chi connectivity index (χ3v) is 4.88. The molecule has 1 aromatic rings. The van der Waals surface area contributed by atoms with Crippen LogP contribution in [-0.4, -0.2) is 61.4 Å². The highest BCUT2D eigenvalue weighted by atomic mass is 16.5. The topological polar surface area (TPSA) is 71.4 Å². The predicted octanol–water partition coefficient (Wildman–Crippen LogP) is 2.07. The Hall–Kier alpha value is -2.41. The van der Waals surface area contributed by atoms with Gasteiger partial charge in [-0.3, -0.25) is 9.80 Å². The monoisotopic (exact) mass is 373 g/mol. The number of ether oxygens (including phenoxy) is 2. The Kier molecular flexibility index (Phi) is 6.45. The van der Waals surface area contributed by atoms with E-state index in [0.29, 0.717) is 37.9 Å². The number of carbonyl (C=O) groups excluding carboxylic acids is 2. The molecule has 2 heterocycles. The molecule has 7 nitrogen and oxygen atoms in total. The molecule has 1 saturated heterocycles. The van der Waals surface area contributed by atoms with Crippen LogP contribution in [0.3, 0.4) is 0 Å². The Morgan fingerprint density at radius 3 is 2.67 bits per heavy atom. The van der Waals surface area contributed by atoms with Crippen molar-refractivity contribution >= 4 is 23.3 Å². The van der Waals surface area contributed by atoms with Crippen LogP contribution >= 0.6 is 0 Å². The number of hydrogen-bond acceptors (Lipinski definition) is 6. The van der Waals surface area contributed by atoms with Gasteiger partial charge in [-0.2, -0.15) is 5.10 Å². The van der Waals surface area contributed by atoms with Gasteiger partial charge in [0.15, 0.2) is 0 Å². The van der Waals surface area contributed by atoms with Gasteiger partial charge in [0.25, 0.3) is 0 Å². The van der Waals surface area contributed by atoms with Crippen LogP contribution in [0.2, 0.25) is 0 Å². The number of nitrogens with zero attached hydrogens (tertiary/aromatic N) is 3. The second kappa shape index (κ2) is 8.99. The largest absolute Gasteiger partial charge is 0.461 e. The van der Waals surface area contributed by atoms with Crippen molar-refractivity contribution in [2.45, 2.75) is 32.7 Å². The van der Waals surface area contributed by atoms with Gasteiger partial charge in [0.2, 0.25) is 5.91 Å². The number of anilines is 1. The fraction of sp³-hybridized carbons (Fsp3) is 0.550. The molecule has 27 heavy (non-hydrogen) atoms. The smallest absolute Gasteiger partial charge is 0.354 e. The molecule has 3 rings (SSSR count). The summed E-state index contributed by atoms with van der Waals surface area (Å²) in [4.78, 5) is 27.2. The summed E-state index contributed by atoms with van der Waals surface area (Å²) < 4.78 is 10.6. The van der Waals surface area contributed by atoms with Gasteiger partial charge in [0.1, 0.15) is 11.8 Å². The molecule has 0 radical (unpaired) electrons. The summed E-state index contributed by atoms with van der Waals surface area (Å²) in [6, 6.07) is 8.95. The molecule has 2 atom stereocenters. The molecular weight excluding hydrogens is 346 g/mol. The minimum Gasteiger partial charge on any atom is -0.461 e. The van der Waals surface area contributed by atoms with E-state index < -0.39 is 12.0 Å². The first-order valence-electron chi connectivity index (χ1n) is 9.59. The Morgan fingerprint density at radius 2 is 1.96 bits per heavy atom. The molecule has 1 fully saturated rings. The van der Waals surface area contributed by atoms with Crippen molar-refractivity contribution in [2.24, 2.45) is 11.0 Å². The van der Waals surface area contributed by atoms with Gasteiger partial charge in [-0.25, -0.2) is 4.79 Å². The number of hydrazone groups is 1. The number of benzene rings is 1. The van der Waals surface area contributed by atoms with Gasteiger partial charge < -0.3 is 14.4 Å². The van der Waals surface area contributed by atoms with Crippen LogP contribution in [0, 0.1) is 5.92 Å². The summed E-state index contributed by atoms with van der Waals surface area (Å²) in [6.45, 7) is 6.78. The molecule has 2 aliphatic heterocycles. The molecule has 0 aromatic heterocycles. The van der Waals surface area contributed by atoms with Gasteiger partial charge >= 0.3 is 5.97 Å². The zero-order valence-corrected chi connectivity index (χ0v) is 16.0. The van der Waals surface area contributed by atoms with E-state index in [1.165, 1.54) is 0 Å². The van der Waals surface area contributed by atoms with E-state index in [1.807, 2.05) is 42.2 Å². The second-order valence-corrected chi connectivity index (χ2v) is 6.77. The summed E-state index contributed by atoms with van der Waals surface area (Å²) in [5.74, 6) is -0.0869. The summed E-state index contributed by atoms with van der Waals surface area (Å²) in [5, 5.41) is 6.08. The van der Waals surface area contributed by atoms with Crippen LogP contribution in [0.4, 0.5) is 5.69 Å². The van der Waals surface area contributed by atoms with E-state index in [4.69, 9.17) is 9.47 Å². The van der Waals surface area contributed by atoms with Gasteiger partial charge in [0.05, 0.1) is 18.9 Å². The van der Waals surface area contributed by atoms with Crippen LogP contribution in [0.15, 0.2) is 35.4 Å². The zero-order valence-electron chi connectivity index (χ0n) is 16.0. The molecule has 0 saturated carbocycles. The van der Waals surface area contributed by atoms with E-state index >= 15 is 0 Å². The Labute approximate surface area is 159 Å². The molecule has 1 amide bonds.